The van der Waals surface area contributed by atoms with Crippen LogP contribution < -0.4 is 5.32 Å². The first-order valence-corrected chi connectivity index (χ1v) is 8.70. The van der Waals surface area contributed by atoms with Crippen LogP contribution in [-0.2, 0) is 0 Å². The van der Waals surface area contributed by atoms with E-state index in [1.54, 1.807) is 0 Å². The standard InChI is InChI=1S/C22H17N3O/c26-22(19-11-5-7-15-6-1-2-8-16(15)19)24-13-21-18-10-4-3-9-17(18)20-12-23-14-25(20)21/h1-12,14,21H,13H2,(H,24,26)/t21-/m1/s1. The highest BCUT2D eigenvalue weighted by molar-refractivity contribution is 6.07. The maximum Gasteiger partial charge on any atom is 0.251 e. The fourth-order valence-electron chi connectivity index (χ4n) is 3.85. The van der Waals surface area contributed by atoms with E-state index >= 15 is 0 Å². The highest BCUT2D eigenvalue weighted by atomic mass is 16.1. The Balaban J connectivity index is 1.44. The maximum atomic E-state index is 12.8. The number of aromatic nitrogens is 2. The zero-order valence-electron chi connectivity index (χ0n) is 14.1. The van der Waals surface area contributed by atoms with E-state index in [1.165, 1.54) is 11.1 Å². The Bertz CT molecular complexity index is 1120. The topological polar surface area (TPSA) is 46.9 Å². The maximum absolute atomic E-state index is 12.8. The Morgan fingerprint density at radius 3 is 2.77 bits per heavy atom. The largest absolute Gasteiger partial charge is 0.350 e. The second-order valence-corrected chi connectivity index (χ2v) is 6.53. The lowest BCUT2D eigenvalue weighted by atomic mass is 10.0. The molecule has 4 nitrogen and oxygen atoms in total. The minimum Gasteiger partial charge on any atom is -0.350 e. The molecule has 0 bridgehead atoms. The van der Waals surface area contributed by atoms with Crippen LogP contribution in [-0.4, -0.2) is 22.0 Å². The summed E-state index contributed by atoms with van der Waals surface area (Å²) in [5, 5.41) is 5.16. The number of fused-ring (bicyclic) bond motifs is 4. The molecule has 4 aromatic rings. The van der Waals surface area contributed by atoms with E-state index in [-0.39, 0.29) is 11.9 Å². The van der Waals surface area contributed by atoms with Crippen molar-refractivity contribution in [2.45, 2.75) is 6.04 Å². The van der Waals surface area contributed by atoms with Gasteiger partial charge in [-0.3, -0.25) is 4.79 Å². The molecule has 0 spiro atoms. The third kappa shape index (κ3) is 2.23. The van der Waals surface area contributed by atoms with Crippen molar-refractivity contribution in [3.05, 3.63) is 90.4 Å². The zero-order chi connectivity index (χ0) is 17.5. The molecule has 0 radical (unpaired) electrons. The van der Waals surface area contributed by atoms with E-state index in [9.17, 15) is 4.79 Å². The van der Waals surface area contributed by atoms with Crippen LogP contribution in [0.4, 0.5) is 0 Å². The monoisotopic (exact) mass is 339 g/mol. The van der Waals surface area contributed by atoms with Gasteiger partial charge >= 0.3 is 0 Å². The molecule has 1 aliphatic heterocycles. The fraction of sp³-hybridized carbons (Fsp3) is 0.0909. The molecule has 2 heterocycles. The summed E-state index contributed by atoms with van der Waals surface area (Å²) in [6.07, 6.45) is 3.72. The number of imidazole rings is 1. The third-order valence-electron chi connectivity index (χ3n) is 5.09. The van der Waals surface area contributed by atoms with Crippen molar-refractivity contribution >= 4 is 16.7 Å². The number of amides is 1. The summed E-state index contributed by atoms with van der Waals surface area (Å²) < 4.78 is 2.13. The number of nitrogens with one attached hydrogen (secondary N) is 1. The number of carbonyl (C=O) groups excluding carboxylic acids is 1. The molecule has 1 amide bonds. The number of hydrogen-bond donors (Lipinski definition) is 1. The van der Waals surface area contributed by atoms with Crippen molar-refractivity contribution in [2.24, 2.45) is 0 Å². The summed E-state index contributed by atoms with van der Waals surface area (Å²) in [5.41, 5.74) is 4.22. The second kappa shape index (κ2) is 5.85. The van der Waals surface area contributed by atoms with Crippen LogP contribution in [0.1, 0.15) is 22.0 Å². The van der Waals surface area contributed by atoms with E-state index in [4.69, 9.17) is 0 Å². The van der Waals surface area contributed by atoms with Gasteiger partial charge in [-0.15, -0.1) is 0 Å². The van der Waals surface area contributed by atoms with Gasteiger partial charge in [0.15, 0.2) is 0 Å². The molecule has 0 fully saturated rings. The van der Waals surface area contributed by atoms with Crippen LogP contribution in [0.5, 0.6) is 0 Å². The summed E-state index contributed by atoms with van der Waals surface area (Å²) in [7, 11) is 0. The molecule has 0 unspecified atom stereocenters. The Morgan fingerprint density at radius 2 is 1.81 bits per heavy atom. The van der Waals surface area contributed by atoms with E-state index in [0.29, 0.717) is 12.1 Å². The summed E-state index contributed by atoms with van der Waals surface area (Å²) in [4.78, 5) is 17.1. The van der Waals surface area contributed by atoms with Crippen LogP contribution in [0.2, 0.25) is 0 Å². The van der Waals surface area contributed by atoms with E-state index in [0.717, 1.165) is 16.5 Å². The molecule has 4 heteroatoms. The summed E-state index contributed by atoms with van der Waals surface area (Å²) in [5.74, 6) is -0.0483. The van der Waals surface area contributed by atoms with Crippen molar-refractivity contribution in [2.75, 3.05) is 6.54 Å². The first-order chi connectivity index (χ1) is 12.8. The van der Waals surface area contributed by atoms with Crippen molar-refractivity contribution in [1.82, 2.24) is 14.9 Å². The van der Waals surface area contributed by atoms with Crippen molar-refractivity contribution < 1.29 is 4.79 Å². The van der Waals surface area contributed by atoms with Gasteiger partial charge in [0.25, 0.3) is 5.91 Å². The molecule has 0 aliphatic carbocycles. The quantitative estimate of drug-likeness (QED) is 0.612. The Labute approximate surface area is 151 Å². The van der Waals surface area contributed by atoms with Crippen molar-refractivity contribution in [3.63, 3.8) is 0 Å². The molecule has 1 N–H and O–H groups in total. The number of nitrogens with zero attached hydrogens (tertiary/aromatic N) is 2. The van der Waals surface area contributed by atoms with Gasteiger partial charge in [0.1, 0.15) is 0 Å². The van der Waals surface area contributed by atoms with Crippen LogP contribution in [0.3, 0.4) is 0 Å². The van der Waals surface area contributed by atoms with Gasteiger partial charge in [-0.05, 0) is 22.4 Å². The van der Waals surface area contributed by atoms with Gasteiger partial charge in [0.05, 0.1) is 24.3 Å². The second-order valence-electron chi connectivity index (χ2n) is 6.53. The summed E-state index contributed by atoms with van der Waals surface area (Å²) in [6, 6.07) is 22.2. The first-order valence-electron chi connectivity index (χ1n) is 8.70. The smallest absolute Gasteiger partial charge is 0.251 e. The molecule has 26 heavy (non-hydrogen) atoms. The Morgan fingerprint density at radius 1 is 1.00 bits per heavy atom. The van der Waals surface area contributed by atoms with Crippen molar-refractivity contribution in [1.29, 1.82) is 0 Å². The average molecular weight is 339 g/mol. The van der Waals surface area contributed by atoms with Crippen LogP contribution in [0.15, 0.2) is 79.3 Å². The highest BCUT2D eigenvalue weighted by Crippen LogP contribution is 2.38. The van der Waals surface area contributed by atoms with Gasteiger partial charge in [-0.1, -0.05) is 60.7 Å². The molecule has 3 aromatic carbocycles. The predicted molar refractivity (Wildman–Crippen MR) is 102 cm³/mol. The number of rotatable bonds is 3. The molecule has 1 atom stereocenters. The lowest BCUT2D eigenvalue weighted by Crippen LogP contribution is -2.30. The van der Waals surface area contributed by atoms with Gasteiger partial charge in [0, 0.05) is 17.7 Å². The van der Waals surface area contributed by atoms with E-state index < -0.39 is 0 Å². The van der Waals surface area contributed by atoms with Crippen LogP contribution >= 0.6 is 0 Å². The van der Waals surface area contributed by atoms with E-state index in [2.05, 4.69) is 27.0 Å². The fourth-order valence-corrected chi connectivity index (χ4v) is 3.85. The van der Waals surface area contributed by atoms with Gasteiger partial charge in [0.2, 0.25) is 0 Å². The number of carbonyl (C=O) groups is 1. The number of benzene rings is 3. The SMILES string of the molecule is O=C(NC[C@@H]1c2ccccc2-c2cncn21)c1cccc2ccccc12. The van der Waals surface area contributed by atoms with Crippen molar-refractivity contribution in [3.8, 4) is 11.3 Å². The van der Waals surface area contributed by atoms with Gasteiger partial charge in [-0.25, -0.2) is 4.98 Å². The molecule has 0 saturated heterocycles. The third-order valence-corrected chi connectivity index (χ3v) is 5.09. The molecular weight excluding hydrogens is 322 g/mol. The van der Waals surface area contributed by atoms with Crippen LogP contribution in [0.25, 0.3) is 22.0 Å². The van der Waals surface area contributed by atoms with Gasteiger partial charge in [-0.2, -0.15) is 0 Å². The normalized spacial score (nSPS) is 14.8. The lowest BCUT2D eigenvalue weighted by Gasteiger charge is -2.16. The Hall–Kier alpha value is -3.40. The molecule has 126 valence electrons. The minimum atomic E-state index is -0.0483. The average Bonchev–Trinajstić information content (AvgIpc) is 3.27. The predicted octanol–water partition coefficient (Wildman–Crippen LogP) is 4.04. The minimum absolute atomic E-state index is 0.0483. The van der Waals surface area contributed by atoms with Gasteiger partial charge < -0.3 is 9.88 Å². The molecular formula is C22H17N3O. The molecule has 0 saturated carbocycles. The zero-order valence-corrected chi connectivity index (χ0v) is 14.1. The summed E-state index contributed by atoms with van der Waals surface area (Å²) >= 11 is 0. The van der Waals surface area contributed by atoms with E-state index in [1.807, 2.05) is 67.1 Å². The molecule has 5 rings (SSSR count). The summed E-state index contributed by atoms with van der Waals surface area (Å²) in [6.45, 7) is 0.530. The highest BCUT2D eigenvalue weighted by Gasteiger charge is 2.28. The lowest BCUT2D eigenvalue weighted by molar-refractivity contribution is 0.0952. The molecule has 1 aliphatic rings. The Kier molecular flexibility index (Phi) is 3.35. The van der Waals surface area contributed by atoms with Crippen LogP contribution in [0, 0.1) is 0 Å². The number of hydrogen-bond acceptors (Lipinski definition) is 2. The first kappa shape index (κ1) is 14.9. The molecule has 1 aromatic heterocycles.